The Labute approximate surface area is 126 Å². The number of aromatic nitrogens is 2. The van der Waals surface area contributed by atoms with Crippen molar-refractivity contribution in [2.45, 2.75) is 32.8 Å². The van der Waals surface area contributed by atoms with Crippen molar-refractivity contribution < 1.29 is 4.74 Å². The normalized spacial score (nSPS) is 12.2. The van der Waals surface area contributed by atoms with Crippen LogP contribution in [0.15, 0.2) is 30.3 Å². The third kappa shape index (κ3) is 3.39. The standard InChI is InChI=1S/C17H23N3O/c1-5-9-14(21-4)17-19-15(12(2)16(18-3)20-17)13-10-7-6-8-11-13/h6-8,10-11,14H,5,9H2,1-4H3,(H,18,19,20). The molecule has 0 saturated carbocycles. The second kappa shape index (κ2) is 7.18. The number of benzene rings is 1. The van der Waals surface area contributed by atoms with E-state index in [-0.39, 0.29) is 6.10 Å². The molecule has 1 heterocycles. The number of nitrogens with one attached hydrogen (secondary N) is 1. The van der Waals surface area contributed by atoms with E-state index in [2.05, 4.69) is 29.4 Å². The van der Waals surface area contributed by atoms with Gasteiger partial charge in [0.1, 0.15) is 11.9 Å². The first-order valence-corrected chi connectivity index (χ1v) is 7.35. The zero-order chi connectivity index (χ0) is 15.2. The Bertz CT molecular complexity index is 584. The molecule has 0 amide bonds. The maximum atomic E-state index is 5.55. The van der Waals surface area contributed by atoms with Crippen LogP contribution < -0.4 is 5.32 Å². The smallest absolute Gasteiger partial charge is 0.160 e. The van der Waals surface area contributed by atoms with Crippen LogP contribution in [0.4, 0.5) is 5.82 Å². The van der Waals surface area contributed by atoms with E-state index in [9.17, 15) is 0 Å². The Balaban J connectivity index is 2.54. The van der Waals surface area contributed by atoms with Crippen LogP contribution in [0.3, 0.4) is 0 Å². The van der Waals surface area contributed by atoms with Gasteiger partial charge >= 0.3 is 0 Å². The van der Waals surface area contributed by atoms with Crippen molar-refractivity contribution in [3.63, 3.8) is 0 Å². The number of nitrogens with zero attached hydrogens (tertiary/aromatic N) is 2. The summed E-state index contributed by atoms with van der Waals surface area (Å²) < 4.78 is 5.55. The number of hydrogen-bond acceptors (Lipinski definition) is 4. The van der Waals surface area contributed by atoms with E-state index in [0.29, 0.717) is 0 Å². The van der Waals surface area contributed by atoms with Gasteiger partial charge < -0.3 is 10.1 Å². The van der Waals surface area contributed by atoms with Crippen molar-refractivity contribution in [3.8, 4) is 11.3 Å². The number of methoxy groups -OCH3 is 1. The fraction of sp³-hybridized carbons (Fsp3) is 0.412. The van der Waals surface area contributed by atoms with Crippen molar-refractivity contribution in [3.05, 3.63) is 41.7 Å². The van der Waals surface area contributed by atoms with Crippen LogP contribution in [-0.2, 0) is 4.74 Å². The Morgan fingerprint density at radius 1 is 1.19 bits per heavy atom. The average Bonchev–Trinajstić information content (AvgIpc) is 2.54. The van der Waals surface area contributed by atoms with Gasteiger partial charge in [-0.05, 0) is 13.3 Å². The summed E-state index contributed by atoms with van der Waals surface area (Å²) in [4.78, 5) is 9.38. The number of hydrogen-bond donors (Lipinski definition) is 1. The Hall–Kier alpha value is -1.94. The summed E-state index contributed by atoms with van der Waals surface area (Å²) in [5.74, 6) is 1.60. The van der Waals surface area contributed by atoms with E-state index in [0.717, 1.165) is 41.3 Å². The van der Waals surface area contributed by atoms with E-state index < -0.39 is 0 Å². The topological polar surface area (TPSA) is 47.0 Å². The quantitative estimate of drug-likeness (QED) is 0.872. The van der Waals surface area contributed by atoms with Gasteiger partial charge in [0.15, 0.2) is 5.82 Å². The minimum Gasteiger partial charge on any atom is -0.373 e. The lowest BCUT2D eigenvalue weighted by Crippen LogP contribution is -2.11. The molecule has 1 aromatic carbocycles. The lowest BCUT2D eigenvalue weighted by atomic mass is 10.1. The number of rotatable bonds is 6. The molecule has 2 rings (SSSR count). The first-order chi connectivity index (χ1) is 10.2. The van der Waals surface area contributed by atoms with Crippen molar-refractivity contribution >= 4 is 5.82 Å². The van der Waals surface area contributed by atoms with Crippen LogP contribution in [0.1, 0.15) is 37.3 Å². The van der Waals surface area contributed by atoms with E-state index in [1.54, 1.807) is 7.11 Å². The summed E-state index contributed by atoms with van der Waals surface area (Å²) in [5, 5.41) is 3.16. The molecule has 2 aromatic rings. The highest BCUT2D eigenvalue weighted by Gasteiger charge is 2.18. The monoisotopic (exact) mass is 285 g/mol. The Morgan fingerprint density at radius 3 is 2.48 bits per heavy atom. The van der Waals surface area contributed by atoms with Gasteiger partial charge in [0.05, 0.1) is 5.69 Å². The molecule has 4 heteroatoms. The lowest BCUT2D eigenvalue weighted by Gasteiger charge is -2.17. The number of anilines is 1. The molecule has 0 aliphatic carbocycles. The second-order valence-electron chi connectivity index (χ2n) is 5.03. The van der Waals surface area contributed by atoms with E-state index in [1.807, 2.05) is 32.2 Å². The van der Waals surface area contributed by atoms with Gasteiger partial charge in [0, 0.05) is 25.3 Å². The molecule has 1 N–H and O–H groups in total. The average molecular weight is 285 g/mol. The molecule has 0 bridgehead atoms. The summed E-state index contributed by atoms with van der Waals surface area (Å²) in [5.41, 5.74) is 3.11. The maximum absolute atomic E-state index is 5.55. The van der Waals surface area contributed by atoms with Gasteiger partial charge in [-0.25, -0.2) is 9.97 Å². The molecule has 112 valence electrons. The highest BCUT2D eigenvalue weighted by molar-refractivity contribution is 5.68. The first-order valence-electron chi connectivity index (χ1n) is 7.35. The van der Waals surface area contributed by atoms with Crippen molar-refractivity contribution in [1.29, 1.82) is 0 Å². The minimum absolute atomic E-state index is 0.0647. The largest absolute Gasteiger partial charge is 0.373 e. The van der Waals surface area contributed by atoms with Crippen LogP contribution in [0.25, 0.3) is 11.3 Å². The van der Waals surface area contributed by atoms with Gasteiger partial charge in [-0.1, -0.05) is 43.7 Å². The zero-order valence-corrected chi connectivity index (χ0v) is 13.2. The van der Waals surface area contributed by atoms with Crippen molar-refractivity contribution in [1.82, 2.24) is 9.97 Å². The van der Waals surface area contributed by atoms with Gasteiger partial charge in [-0.2, -0.15) is 0 Å². The molecule has 1 aromatic heterocycles. The molecule has 0 fully saturated rings. The van der Waals surface area contributed by atoms with Gasteiger partial charge in [0.25, 0.3) is 0 Å². The fourth-order valence-corrected chi connectivity index (χ4v) is 2.41. The lowest BCUT2D eigenvalue weighted by molar-refractivity contribution is 0.0878. The maximum Gasteiger partial charge on any atom is 0.160 e. The number of ether oxygens (including phenoxy) is 1. The third-order valence-electron chi connectivity index (χ3n) is 3.57. The molecule has 4 nitrogen and oxygen atoms in total. The zero-order valence-electron chi connectivity index (χ0n) is 13.2. The third-order valence-corrected chi connectivity index (χ3v) is 3.57. The molecule has 1 atom stereocenters. The van der Waals surface area contributed by atoms with Gasteiger partial charge in [-0.3, -0.25) is 0 Å². The van der Waals surface area contributed by atoms with Crippen LogP contribution in [0.5, 0.6) is 0 Å². The first kappa shape index (κ1) is 15.4. The molecule has 21 heavy (non-hydrogen) atoms. The van der Waals surface area contributed by atoms with Crippen LogP contribution in [0, 0.1) is 6.92 Å². The molecule has 0 aliphatic rings. The molecule has 0 radical (unpaired) electrons. The predicted molar refractivity (Wildman–Crippen MR) is 86.4 cm³/mol. The van der Waals surface area contributed by atoms with E-state index in [4.69, 9.17) is 9.72 Å². The minimum atomic E-state index is -0.0647. The summed E-state index contributed by atoms with van der Waals surface area (Å²) in [6.07, 6.45) is 1.88. The second-order valence-corrected chi connectivity index (χ2v) is 5.03. The molecule has 0 aliphatic heterocycles. The van der Waals surface area contributed by atoms with Gasteiger partial charge in [-0.15, -0.1) is 0 Å². The van der Waals surface area contributed by atoms with Crippen LogP contribution in [0.2, 0.25) is 0 Å². The van der Waals surface area contributed by atoms with Gasteiger partial charge in [0.2, 0.25) is 0 Å². The molecule has 1 unspecified atom stereocenters. The summed E-state index contributed by atoms with van der Waals surface area (Å²) in [7, 11) is 3.60. The van der Waals surface area contributed by atoms with Crippen molar-refractivity contribution in [2.24, 2.45) is 0 Å². The van der Waals surface area contributed by atoms with Crippen LogP contribution in [-0.4, -0.2) is 24.1 Å². The highest BCUT2D eigenvalue weighted by Crippen LogP contribution is 2.29. The van der Waals surface area contributed by atoms with E-state index in [1.165, 1.54) is 0 Å². The summed E-state index contributed by atoms with van der Waals surface area (Å²) in [6, 6.07) is 10.2. The molecular formula is C17H23N3O. The predicted octanol–water partition coefficient (Wildman–Crippen LogP) is 3.98. The SMILES string of the molecule is CCCC(OC)c1nc(NC)c(C)c(-c2ccccc2)n1. The Kier molecular flexibility index (Phi) is 5.28. The Morgan fingerprint density at radius 2 is 1.90 bits per heavy atom. The molecule has 0 saturated heterocycles. The molecule has 0 spiro atoms. The van der Waals surface area contributed by atoms with E-state index >= 15 is 0 Å². The van der Waals surface area contributed by atoms with Crippen LogP contribution >= 0.6 is 0 Å². The highest BCUT2D eigenvalue weighted by atomic mass is 16.5. The molecular weight excluding hydrogens is 262 g/mol. The summed E-state index contributed by atoms with van der Waals surface area (Å²) in [6.45, 7) is 4.18. The summed E-state index contributed by atoms with van der Waals surface area (Å²) >= 11 is 0. The fourth-order valence-electron chi connectivity index (χ4n) is 2.41. The van der Waals surface area contributed by atoms with Crippen molar-refractivity contribution in [2.75, 3.05) is 19.5 Å².